The number of hydrogen-bond donors (Lipinski definition) is 0. The maximum absolute atomic E-state index is 9.35. The van der Waals surface area contributed by atoms with Gasteiger partial charge in [-0.3, -0.25) is 23.8 Å². The first-order valence-corrected chi connectivity index (χ1v) is 27.9. The summed E-state index contributed by atoms with van der Waals surface area (Å²) in [5.41, 5.74) is 19.0. The number of aromatic nitrogens is 7. The first-order chi connectivity index (χ1) is 43.9. The van der Waals surface area contributed by atoms with Crippen molar-refractivity contribution in [3.8, 4) is 100 Å². The van der Waals surface area contributed by atoms with E-state index in [1.54, 1.807) is 24.8 Å². The summed E-state index contributed by atoms with van der Waals surface area (Å²) < 4.78 is 60.0. The minimum Gasteiger partial charge on any atom is -0.299 e. The van der Waals surface area contributed by atoms with Gasteiger partial charge in [0.25, 0.3) is 0 Å². The van der Waals surface area contributed by atoms with Crippen molar-refractivity contribution < 1.29 is 8.22 Å². The van der Waals surface area contributed by atoms with Crippen LogP contribution in [0.25, 0.3) is 155 Å². The normalized spacial score (nSPS) is 13.0. The number of rotatable bonds is 9. The summed E-state index contributed by atoms with van der Waals surface area (Å²) in [5.74, 6) is 0. The SMILES string of the molecule is [2H]C([2H])([2H])c1c(-c2ccccc2-c2cc(-c3ccccc3-c3cnc(-c4ccccc4)cc3-c3ccc(-c4ccccc4)cc3)cc(-c3ccccc3-c3cnc4c5ccccc5n5ccnc5c4c3C([2H])([2H])[2H])c2)cnc2c3ccccc3n3ccnc3c12. The van der Waals surface area contributed by atoms with Gasteiger partial charge in [0.1, 0.15) is 11.3 Å². The molecule has 0 atom stereocenters. The van der Waals surface area contributed by atoms with Gasteiger partial charge in [-0.25, -0.2) is 9.97 Å². The first-order valence-electron chi connectivity index (χ1n) is 30.9. The van der Waals surface area contributed by atoms with Crippen molar-refractivity contribution in [3.63, 3.8) is 0 Å². The highest BCUT2D eigenvalue weighted by atomic mass is 15.0. The number of imidazole rings is 2. The van der Waals surface area contributed by atoms with Crippen LogP contribution in [0, 0.1) is 13.7 Å². The lowest BCUT2D eigenvalue weighted by molar-refractivity contribution is 1.26. The quantitative estimate of drug-likeness (QED) is 0.135. The largest absolute Gasteiger partial charge is 0.299 e. The Bertz CT molecular complexity index is 5290. The van der Waals surface area contributed by atoms with Gasteiger partial charge in [-0.15, -0.1) is 0 Å². The fourth-order valence-corrected chi connectivity index (χ4v) is 12.6. The third-order valence-corrected chi connectivity index (χ3v) is 16.5. The molecule has 0 saturated carbocycles. The number of hydrogen-bond acceptors (Lipinski definition) is 5. The first kappa shape index (κ1) is 42.7. The Balaban J connectivity index is 0.956. The third-order valence-electron chi connectivity index (χ3n) is 16.5. The highest BCUT2D eigenvalue weighted by molar-refractivity contribution is 6.14. The summed E-state index contributed by atoms with van der Waals surface area (Å²) >= 11 is 0. The van der Waals surface area contributed by atoms with Crippen LogP contribution in [0.1, 0.15) is 19.4 Å². The van der Waals surface area contributed by atoms with Crippen molar-refractivity contribution in [1.29, 1.82) is 0 Å². The lowest BCUT2D eigenvalue weighted by atomic mass is 9.84. The van der Waals surface area contributed by atoms with E-state index < -0.39 is 13.7 Å². The van der Waals surface area contributed by atoms with Gasteiger partial charge in [0, 0.05) is 95.4 Å². The summed E-state index contributed by atoms with van der Waals surface area (Å²) in [6.45, 7) is -5.23. The topological polar surface area (TPSA) is 73.3 Å². The molecule has 0 aliphatic rings. The highest BCUT2D eigenvalue weighted by Crippen LogP contribution is 2.47. The van der Waals surface area contributed by atoms with Gasteiger partial charge in [-0.1, -0.05) is 194 Å². The summed E-state index contributed by atoms with van der Waals surface area (Å²) in [6, 6.07) is 77.7. The molecule has 16 aromatic rings. The molecule has 0 amide bonds. The van der Waals surface area contributed by atoms with E-state index >= 15 is 0 Å². The predicted molar refractivity (Wildman–Crippen MR) is 346 cm³/mol. The van der Waals surface area contributed by atoms with E-state index in [0.29, 0.717) is 55.4 Å². The van der Waals surface area contributed by atoms with Crippen molar-refractivity contribution in [2.24, 2.45) is 0 Å². The summed E-state index contributed by atoms with van der Waals surface area (Å²) in [4.78, 5) is 25.0. The predicted octanol–water partition coefficient (Wildman–Crippen LogP) is 19.4. The van der Waals surface area contributed by atoms with Crippen LogP contribution in [-0.4, -0.2) is 33.7 Å². The molecule has 0 aliphatic carbocycles. The number of benzene rings is 9. The van der Waals surface area contributed by atoms with E-state index in [9.17, 15) is 8.22 Å². The Morgan fingerprint density at radius 1 is 0.298 bits per heavy atom. The van der Waals surface area contributed by atoms with Crippen molar-refractivity contribution in [3.05, 3.63) is 285 Å². The second-order valence-corrected chi connectivity index (χ2v) is 21.2. The molecule has 0 spiro atoms. The maximum atomic E-state index is 9.35. The molecule has 7 nitrogen and oxygen atoms in total. The van der Waals surface area contributed by atoms with E-state index in [-0.39, 0.29) is 11.1 Å². The van der Waals surface area contributed by atoms with Gasteiger partial charge in [0.2, 0.25) is 0 Å². The van der Waals surface area contributed by atoms with Crippen LogP contribution in [0.3, 0.4) is 0 Å². The second kappa shape index (κ2) is 19.8. The summed E-state index contributed by atoms with van der Waals surface area (Å²) in [7, 11) is 0. The minimum atomic E-state index is -2.62. The molecule has 0 bridgehead atoms. The molecule has 16 rings (SSSR count). The molecule has 0 fully saturated rings. The highest BCUT2D eigenvalue weighted by Gasteiger charge is 2.23. The molecule has 7 heteroatoms. The number of fused-ring (bicyclic) bond motifs is 12. The molecule has 0 aliphatic heterocycles. The molecule has 9 aromatic carbocycles. The minimum absolute atomic E-state index is 0.144. The van der Waals surface area contributed by atoms with Gasteiger partial charge in [0.05, 0.1) is 27.8 Å². The Hall–Kier alpha value is -11.2. The summed E-state index contributed by atoms with van der Waals surface area (Å²) in [5, 5.41) is 2.52. The Morgan fingerprint density at radius 3 is 1.18 bits per heavy atom. The van der Waals surface area contributed by atoms with Crippen LogP contribution in [0.4, 0.5) is 0 Å². The number of para-hydroxylation sites is 2. The fraction of sp³-hybridized carbons (Fsp3) is 0.0260. The van der Waals surface area contributed by atoms with Crippen molar-refractivity contribution in [2.45, 2.75) is 13.7 Å². The van der Waals surface area contributed by atoms with Crippen LogP contribution in [-0.2, 0) is 0 Å². The standard InChI is InChI=1S/C77H51N7/c1-48-66(45-81-74-63-29-15-17-31-70(63)83-39-37-78-76(83)72(48)74)60-26-12-9-23-57(60)54-41-55(58-24-10-13-27-61(58)67-46-82-75-64-30-16-18-32-71(64)84-40-38-79-77(84)73(75)49(67)2)43-56(42-54)59-25-11-14-28-62(59)68-47-80-69(53-21-7-4-8-22-53)44-65(68)52-35-33-51(34-36-52)50-19-5-3-6-20-50/h3-47H,1-2H3/i1D3,2D3. The molecule has 0 radical (unpaired) electrons. The molecule has 7 aromatic heterocycles. The van der Waals surface area contributed by atoms with Gasteiger partial charge in [0.15, 0.2) is 0 Å². The van der Waals surface area contributed by atoms with Gasteiger partial charge >= 0.3 is 0 Å². The zero-order chi connectivity index (χ0) is 60.8. The van der Waals surface area contributed by atoms with Gasteiger partial charge in [-0.2, -0.15) is 0 Å². The van der Waals surface area contributed by atoms with Gasteiger partial charge in [-0.05, 0) is 134 Å². The zero-order valence-corrected chi connectivity index (χ0v) is 45.1. The van der Waals surface area contributed by atoms with Crippen LogP contribution < -0.4 is 0 Å². The molecule has 7 heterocycles. The lowest BCUT2D eigenvalue weighted by Gasteiger charge is -2.20. The van der Waals surface area contributed by atoms with E-state index in [0.717, 1.165) is 99.8 Å². The lowest BCUT2D eigenvalue weighted by Crippen LogP contribution is -1.98. The Morgan fingerprint density at radius 2 is 0.690 bits per heavy atom. The molecular formula is C77H51N7. The number of pyridine rings is 5. The average molecular weight is 1080 g/mol. The third kappa shape index (κ3) is 7.93. The number of nitrogens with zero attached hydrogens (tertiary/aromatic N) is 7. The van der Waals surface area contributed by atoms with E-state index in [4.69, 9.17) is 24.9 Å². The van der Waals surface area contributed by atoms with Crippen molar-refractivity contribution in [1.82, 2.24) is 33.7 Å². The zero-order valence-electron chi connectivity index (χ0n) is 51.1. The van der Waals surface area contributed by atoms with Crippen molar-refractivity contribution in [2.75, 3.05) is 0 Å². The molecular weight excluding hydrogens is 1020 g/mol. The average Bonchev–Trinajstić information content (AvgIpc) is 1.16. The smallest absolute Gasteiger partial charge is 0.146 e. The van der Waals surface area contributed by atoms with E-state index in [1.165, 1.54) is 0 Å². The van der Waals surface area contributed by atoms with Crippen LogP contribution in [0.5, 0.6) is 0 Å². The monoisotopic (exact) mass is 1080 g/mol. The van der Waals surface area contributed by atoms with Crippen molar-refractivity contribution >= 4 is 54.9 Å². The second-order valence-electron chi connectivity index (χ2n) is 21.2. The Labute approximate surface area is 493 Å². The van der Waals surface area contributed by atoms with Crippen LogP contribution in [0.15, 0.2) is 274 Å². The molecule has 84 heavy (non-hydrogen) atoms. The van der Waals surface area contributed by atoms with Crippen LogP contribution in [0.2, 0.25) is 0 Å². The number of aryl methyl sites for hydroxylation is 2. The molecule has 0 N–H and O–H groups in total. The van der Waals surface area contributed by atoms with E-state index in [1.807, 2.05) is 161 Å². The fourth-order valence-electron chi connectivity index (χ4n) is 12.6. The molecule has 394 valence electrons. The molecule has 0 unspecified atom stereocenters. The maximum Gasteiger partial charge on any atom is 0.146 e. The Kier molecular flexibility index (Phi) is 10.1. The molecule has 0 saturated heterocycles. The summed E-state index contributed by atoms with van der Waals surface area (Å²) in [6.07, 6.45) is 12.5. The van der Waals surface area contributed by atoms with Gasteiger partial charge < -0.3 is 0 Å². The van der Waals surface area contributed by atoms with E-state index in [2.05, 4.69) is 97.1 Å². The van der Waals surface area contributed by atoms with Crippen LogP contribution >= 0.6 is 0 Å².